The summed E-state index contributed by atoms with van der Waals surface area (Å²) in [6.45, 7) is 0. The van der Waals surface area contributed by atoms with Gasteiger partial charge in [-0.2, -0.15) is 0 Å². The van der Waals surface area contributed by atoms with Gasteiger partial charge in [0.2, 0.25) is 0 Å². The summed E-state index contributed by atoms with van der Waals surface area (Å²) in [7, 11) is 1.38. The zero-order valence-corrected chi connectivity index (χ0v) is 7.40. The van der Waals surface area contributed by atoms with E-state index in [1.165, 1.54) is 7.11 Å². The Balaban J connectivity index is 3.27. The summed E-state index contributed by atoms with van der Waals surface area (Å²) in [4.78, 5) is 10.5. The summed E-state index contributed by atoms with van der Waals surface area (Å²) >= 11 is 3.14. The molecule has 0 aromatic heterocycles. The van der Waals surface area contributed by atoms with E-state index in [1.807, 2.05) is 0 Å². The fourth-order valence-corrected chi connectivity index (χ4v) is 0.601. The molecule has 56 valence electrons. The highest BCUT2D eigenvalue weighted by atomic mass is 79.9. The second kappa shape index (κ2) is 6.63. The lowest BCUT2D eigenvalue weighted by Gasteiger charge is -1.91. The number of hydrogen-bond acceptors (Lipinski definition) is 2. The molecule has 0 aliphatic rings. The minimum Gasteiger partial charge on any atom is -0.469 e. The van der Waals surface area contributed by atoms with Crippen molar-refractivity contribution in [2.45, 2.75) is 12.8 Å². The van der Waals surface area contributed by atoms with E-state index in [1.54, 1.807) is 0 Å². The normalized spacial score (nSPS) is 7.80. The van der Waals surface area contributed by atoms with Gasteiger partial charge < -0.3 is 4.74 Å². The molecule has 0 heterocycles. The highest BCUT2D eigenvalue weighted by Crippen LogP contribution is 1.88. The topological polar surface area (TPSA) is 26.3 Å². The second-order valence-corrected chi connectivity index (χ2v) is 2.12. The third kappa shape index (κ3) is 5.64. The van der Waals surface area contributed by atoms with Gasteiger partial charge in [-0.25, -0.2) is 0 Å². The van der Waals surface area contributed by atoms with Crippen molar-refractivity contribution in [3.8, 4) is 11.8 Å². The van der Waals surface area contributed by atoms with Crippen molar-refractivity contribution < 1.29 is 9.53 Å². The van der Waals surface area contributed by atoms with Crippen molar-refractivity contribution in [2.24, 2.45) is 0 Å². The summed E-state index contributed by atoms with van der Waals surface area (Å²) < 4.78 is 4.41. The van der Waals surface area contributed by atoms with Crippen LogP contribution >= 0.6 is 15.9 Å². The number of halogens is 1. The lowest BCUT2D eigenvalue weighted by atomic mass is 10.3. The van der Waals surface area contributed by atoms with Crippen LogP contribution < -0.4 is 0 Å². The maximum atomic E-state index is 10.5. The number of methoxy groups -OCH3 is 1. The van der Waals surface area contributed by atoms with Crippen LogP contribution in [0.4, 0.5) is 0 Å². The lowest BCUT2D eigenvalue weighted by Crippen LogP contribution is -1.98. The van der Waals surface area contributed by atoms with Crippen LogP contribution in [0.25, 0.3) is 0 Å². The number of esters is 1. The quantitative estimate of drug-likeness (QED) is 0.386. The fraction of sp³-hybridized carbons (Fsp3) is 0.571. The zero-order valence-electron chi connectivity index (χ0n) is 5.82. The minimum absolute atomic E-state index is 0.205. The van der Waals surface area contributed by atoms with E-state index in [-0.39, 0.29) is 5.97 Å². The molecular formula is C7H9BrO2. The molecule has 0 N–H and O–H groups in total. The number of rotatable bonds is 2. The zero-order chi connectivity index (χ0) is 7.82. The van der Waals surface area contributed by atoms with E-state index >= 15 is 0 Å². The third-order valence-corrected chi connectivity index (χ3v) is 1.15. The highest BCUT2D eigenvalue weighted by Gasteiger charge is 1.94. The standard InChI is InChI=1S/C7H9BrO2/c1-10-7(9)5-3-2-4-6-8/h3,5-6H2,1H3. The van der Waals surface area contributed by atoms with Crippen LogP contribution in [0.1, 0.15) is 12.8 Å². The van der Waals surface area contributed by atoms with Gasteiger partial charge in [0.25, 0.3) is 0 Å². The molecule has 0 saturated carbocycles. The van der Waals surface area contributed by atoms with Gasteiger partial charge in [-0.3, -0.25) is 4.79 Å². The van der Waals surface area contributed by atoms with Crippen molar-refractivity contribution in [2.75, 3.05) is 12.4 Å². The van der Waals surface area contributed by atoms with Crippen LogP contribution in [-0.4, -0.2) is 18.4 Å². The Hall–Kier alpha value is -0.490. The van der Waals surface area contributed by atoms with Crippen LogP contribution in [0.2, 0.25) is 0 Å². The van der Waals surface area contributed by atoms with E-state index in [9.17, 15) is 4.79 Å². The van der Waals surface area contributed by atoms with E-state index < -0.39 is 0 Å². The van der Waals surface area contributed by atoms with Crippen LogP contribution in [0, 0.1) is 11.8 Å². The number of carbonyl (C=O) groups is 1. The van der Waals surface area contributed by atoms with Crippen molar-refractivity contribution in [1.82, 2.24) is 0 Å². The molecule has 0 rings (SSSR count). The first kappa shape index (κ1) is 9.51. The monoisotopic (exact) mass is 204 g/mol. The van der Waals surface area contributed by atoms with E-state index in [0.717, 1.165) is 0 Å². The van der Waals surface area contributed by atoms with Gasteiger partial charge in [0.1, 0.15) is 0 Å². The van der Waals surface area contributed by atoms with Gasteiger partial charge in [-0.05, 0) is 0 Å². The van der Waals surface area contributed by atoms with Gasteiger partial charge in [0.15, 0.2) is 0 Å². The Labute approximate surface area is 69.1 Å². The van der Waals surface area contributed by atoms with Gasteiger partial charge in [0, 0.05) is 6.42 Å². The van der Waals surface area contributed by atoms with Crippen molar-refractivity contribution in [3.63, 3.8) is 0 Å². The molecule has 3 heteroatoms. The average Bonchev–Trinajstić information content (AvgIpc) is 1.98. The molecule has 0 amide bonds. The van der Waals surface area contributed by atoms with Crippen LogP contribution in [0.15, 0.2) is 0 Å². The van der Waals surface area contributed by atoms with E-state index in [4.69, 9.17) is 0 Å². The molecule has 0 radical (unpaired) electrons. The number of hydrogen-bond donors (Lipinski definition) is 0. The number of ether oxygens (including phenoxy) is 1. The molecule has 0 aromatic rings. The molecule has 0 aliphatic carbocycles. The lowest BCUT2D eigenvalue weighted by molar-refractivity contribution is -0.140. The van der Waals surface area contributed by atoms with Crippen LogP contribution in [0.5, 0.6) is 0 Å². The second-order valence-electron chi connectivity index (χ2n) is 1.56. The number of carbonyl (C=O) groups excluding carboxylic acids is 1. The molecule has 0 spiro atoms. The minimum atomic E-state index is -0.205. The summed E-state index contributed by atoms with van der Waals surface area (Å²) in [5, 5.41) is 0.661. The van der Waals surface area contributed by atoms with Crippen molar-refractivity contribution in [3.05, 3.63) is 0 Å². The molecule has 0 saturated heterocycles. The van der Waals surface area contributed by atoms with Crippen LogP contribution in [0.3, 0.4) is 0 Å². The van der Waals surface area contributed by atoms with E-state index in [0.29, 0.717) is 18.2 Å². The molecule has 0 aromatic carbocycles. The van der Waals surface area contributed by atoms with Crippen molar-refractivity contribution >= 4 is 21.9 Å². The molecule has 0 aliphatic heterocycles. The van der Waals surface area contributed by atoms with Gasteiger partial charge in [0.05, 0.1) is 18.9 Å². The Kier molecular flexibility index (Phi) is 6.30. The molecule has 10 heavy (non-hydrogen) atoms. The molecule has 0 bridgehead atoms. The first-order chi connectivity index (χ1) is 4.81. The molecular weight excluding hydrogens is 196 g/mol. The predicted molar refractivity (Wildman–Crippen MR) is 42.8 cm³/mol. The molecule has 0 unspecified atom stereocenters. The Morgan fingerprint density at radius 2 is 2.30 bits per heavy atom. The smallest absolute Gasteiger partial charge is 0.306 e. The molecule has 2 nitrogen and oxygen atoms in total. The predicted octanol–water partition coefficient (Wildman–Crippen LogP) is 1.34. The SMILES string of the molecule is COC(=O)CCC#CCBr. The highest BCUT2D eigenvalue weighted by molar-refractivity contribution is 9.09. The summed E-state index contributed by atoms with van der Waals surface area (Å²) in [6, 6.07) is 0. The van der Waals surface area contributed by atoms with Gasteiger partial charge >= 0.3 is 5.97 Å². The Morgan fingerprint density at radius 1 is 1.60 bits per heavy atom. The van der Waals surface area contributed by atoms with Gasteiger partial charge in [-0.15, -0.1) is 5.92 Å². The Morgan fingerprint density at radius 3 is 2.80 bits per heavy atom. The average molecular weight is 205 g/mol. The maximum Gasteiger partial charge on any atom is 0.306 e. The van der Waals surface area contributed by atoms with Gasteiger partial charge in [-0.1, -0.05) is 21.9 Å². The third-order valence-electron chi connectivity index (χ3n) is 0.874. The van der Waals surface area contributed by atoms with Crippen molar-refractivity contribution in [1.29, 1.82) is 0 Å². The summed E-state index contributed by atoms with van der Waals surface area (Å²) in [6.07, 6.45) is 0.967. The first-order valence-electron chi connectivity index (χ1n) is 2.89. The summed E-state index contributed by atoms with van der Waals surface area (Å²) in [5.74, 6) is 5.38. The molecule has 0 fully saturated rings. The number of alkyl halides is 1. The maximum absolute atomic E-state index is 10.5. The molecule has 0 atom stereocenters. The van der Waals surface area contributed by atoms with Crippen LogP contribution in [-0.2, 0) is 9.53 Å². The largest absolute Gasteiger partial charge is 0.469 e. The van der Waals surface area contributed by atoms with E-state index in [2.05, 4.69) is 32.5 Å². The summed E-state index contributed by atoms with van der Waals surface area (Å²) in [5.41, 5.74) is 0. The fourth-order valence-electron chi connectivity index (χ4n) is 0.402. The Bertz CT molecular complexity index is 155. The first-order valence-corrected chi connectivity index (χ1v) is 4.02.